The Morgan fingerprint density at radius 1 is 1.30 bits per heavy atom. The number of hydrogen-bond donors (Lipinski definition) is 1. The van der Waals surface area contributed by atoms with E-state index >= 15 is 0 Å². The first kappa shape index (κ1) is 13.9. The molecule has 0 aliphatic heterocycles. The predicted octanol–water partition coefficient (Wildman–Crippen LogP) is 2.14. The number of pyridine rings is 1. The lowest BCUT2D eigenvalue weighted by atomic mass is 10.1. The van der Waals surface area contributed by atoms with Crippen molar-refractivity contribution in [3.63, 3.8) is 0 Å². The van der Waals surface area contributed by atoms with E-state index in [0.29, 0.717) is 0 Å². The van der Waals surface area contributed by atoms with E-state index in [-0.39, 0.29) is 16.6 Å². The third kappa shape index (κ3) is 2.58. The van der Waals surface area contributed by atoms with Crippen molar-refractivity contribution in [2.75, 3.05) is 0 Å². The van der Waals surface area contributed by atoms with Crippen molar-refractivity contribution >= 4 is 16.9 Å². The molecule has 0 amide bonds. The molecule has 0 fully saturated rings. The van der Waals surface area contributed by atoms with Crippen molar-refractivity contribution in [3.8, 4) is 5.75 Å². The second kappa shape index (κ2) is 4.55. The SMILES string of the molecule is Cn1c(C(=O)O)cc(=O)c2cc(OC(F)(F)F)ccc21. The summed E-state index contributed by atoms with van der Waals surface area (Å²) in [5.41, 5.74) is -0.750. The molecule has 2 rings (SSSR count). The molecule has 1 aromatic carbocycles. The molecular weight excluding hydrogens is 279 g/mol. The van der Waals surface area contributed by atoms with Gasteiger partial charge in [0.1, 0.15) is 11.4 Å². The van der Waals surface area contributed by atoms with E-state index in [2.05, 4.69) is 4.74 Å². The van der Waals surface area contributed by atoms with Crippen LogP contribution in [0.4, 0.5) is 13.2 Å². The first-order valence-corrected chi connectivity index (χ1v) is 5.32. The molecule has 2 aromatic rings. The molecule has 20 heavy (non-hydrogen) atoms. The van der Waals surface area contributed by atoms with E-state index in [1.165, 1.54) is 17.7 Å². The third-order valence-corrected chi connectivity index (χ3v) is 2.68. The summed E-state index contributed by atoms with van der Waals surface area (Å²) in [5, 5.41) is 8.87. The van der Waals surface area contributed by atoms with E-state index in [1.54, 1.807) is 0 Å². The first-order chi connectivity index (χ1) is 9.19. The zero-order valence-electron chi connectivity index (χ0n) is 10.1. The molecule has 0 spiro atoms. The van der Waals surface area contributed by atoms with Crippen LogP contribution in [0, 0.1) is 0 Å². The lowest BCUT2D eigenvalue weighted by Gasteiger charge is -2.12. The standard InChI is InChI=1S/C12H8F3NO4/c1-16-8-3-2-6(20-12(13,14)15)4-7(8)10(17)5-9(16)11(18)19/h2-5H,1H3,(H,18,19). The number of hydrogen-bond acceptors (Lipinski definition) is 3. The van der Waals surface area contributed by atoms with Gasteiger partial charge in [-0.2, -0.15) is 0 Å². The topological polar surface area (TPSA) is 68.5 Å². The van der Waals surface area contributed by atoms with E-state index in [1.807, 2.05) is 0 Å². The van der Waals surface area contributed by atoms with Gasteiger partial charge in [-0.25, -0.2) is 4.79 Å². The number of aryl methyl sites for hydroxylation is 1. The highest BCUT2D eigenvalue weighted by molar-refractivity contribution is 5.90. The quantitative estimate of drug-likeness (QED) is 0.918. The number of rotatable bonds is 2. The van der Waals surface area contributed by atoms with Gasteiger partial charge in [-0.1, -0.05) is 0 Å². The summed E-state index contributed by atoms with van der Waals surface area (Å²) in [6.07, 6.45) is -4.86. The number of ether oxygens (including phenoxy) is 1. The Balaban J connectivity index is 2.66. The summed E-state index contributed by atoms with van der Waals surface area (Å²) >= 11 is 0. The fourth-order valence-corrected chi connectivity index (χ4v) is 1.84. The van der Waals surface area contributed by atoms with Gasteiger partial charge < -0.3 is 14.4 Å². The summed E-state index contributed by atoms with van der Waals surface area (Å²) in [5.74, 6) is -1.84. The number of halogens is 3. The number of nitrogens with zero attached hydrogens (tertiary/aromatic N) is 1. The summed E-state index contributed by atoms with van der Waals surface area (Å²) in [7, 11) is 1.40. The van der Waals surface area contributed by atoms with Crippen LogP contribution in [0.25, 0.3) is 10.9 Å². The number of carboxylic acids is 1. The summed E-state index contributed by atoms with van der Waals surface area (Å²) in [6, 6.07) is 3.99. The number of aromatic nitrogens is 1. The van der Waals surface area contributed by atoms with Gasteiger partial charge in [0.25, 0.3) is 0 Å². The smallest absolute Gasteiger partial charge is 0.477 e. The monoisotopic (exact) mass is 287 g/mol. The minimum atomic E-state index is -4.86. The summed E-state index contributed by atoms with van der Waals surface area (Å²) < 4.78 is 41.2. The molecule has 106 valence electrons. The maximum absolute atomic E-state index is 12.1. The first-order valence-electron chi connectivity index (χ1n) is 5.32. The molecule has 0 aliphatic carbocycles. The largest absolute Gasteiger partial charge is 0.573 e. The number of benzene rings is 1. The molecule has 1 heterocycles. The number of aromatic carboxylic acids is 1. The van der Waals surface area contributed by atoms with Crippen LogP contribution >= 0.6 is 0 Å². The van der Waals surface area contributed by atoms with Crippen LogP contribution in [-0.4, -0.2) is 22.0 Å². The van der Waals surface area contributed by atoms with Gasteiger partial charge in [0.2, 0.25) is 0 Å². The fourth-order valence-electron chi connectivity index (χ4n) is 1.84. The van der Waals surface area contributed by atoms with Crippen molar-refractivity contribution in [1.29, 1.82) is 0 Å². The molecule has 0 saturated heterocycles. The van der Waals surface area contributed by atoms with Crippen LogP contribution in [0.15, 0.2) is 29.1 Å². The normalized spacial score (nSPS) is 11.6. The molecule has 8 heteroatoms. The number of alkyl halides is 3. The Labute approximate surface area is 109 Å². The maximum Gasteiger partial charge on any atom is 0.573 e. The van der Waals surface area contributed by atoms with Gasteiger partial charge in [-0.3, -0.25) is 4.79 Å². The minimum absolute atomic E-state index is 0.0562. The molecule has 0 radical (unpaired) electrons. The van der Waals surface area contributed by atoms with Crippen molar-refractivity contribution in [2.45, 2.75) is 6.36 Å². The molecule has 5 nitrogen and oxygen atoms in total. The lowest BCUT2D eigenvalue weighted by molar-refractivity contribution is -0.274. The molecule has 0 aliphatic rings. The number of carboxylic acid groups (broad SMARTS) is 1. The average molecular weight is 287 g/mol. The van der Waals surface area contributed by atoms with E-state index in [9.17, 15) is 22.8 Å². The summed E-state index contributed by atoms with van der Waals surface area (Å²) in [4.78, 5) is 22.7. The molecule has 1 N–H and O–H groups in total. The lowest BCUT2D eigenvalue weighted by Crippen LogP contribution is -2.18. The molecule has 1 aromatic heterocycles. The molecule has 0 atom stereocenters. The van der Waals surface area contributed by atoms with Gasteiger partial charge in [0.05, 0.1) is 5.52 Å². The molecule has 0 saturated carbocycles. The van der Waals surface area contributed by atoms with Crippen LogP contribution in [-0.2, 0) is 7.05 Å². The van der Waals surface area contributed by atoms with Crippen molar-refractivity contribution in [2.24, 2.45) is 7.05 Å². The van der Waals surface area contributed by atoms with Gasteiger partial charge in [-0.15, -0.1) is 13.2 Å². The van der Waals surface area contributed by atoms with Crippen molar-refractivity contribution < 1.29 is 27.8 Å². The van der Waals surface area contributed by atoms with Gasteiger partial charge in [0, 0.05) is 18.5 Å². The zero-order chi connectivity index (χ0) is 15.1. The average Bonchev–Trinajstić information content (AvgIpc) is 2.31. The van der Waals surface area contributed by atoms with Crippen LogP contribution < -0.4 is 10.2 Å². The van der Waals surface area contributed by atoms with Gasteiger partial charge >= 0.3 is 12.3 Å². The predicted molar refractivity (Wildman–Crippen MR) is 62.8 cm³/mol. The van der Waals surface area contributed by atoms with Crippen molar-refractivity contribution in [1.82, 2.24) is 4.57 Å². The summed E-state index contributed by atoms with van der Waals surface area (Å²) in [6.45, 7) is 0. The Kier molecular flexibility index (Phi) is 3.16. The fraction of sp³-hybridized carbons (Fsp3) is 0.167. The second-order valence-electron chi connectivity index (χ2n) is 3.98. The Morgan fingerprint density at radius 2 is 1.95 bits per heavy atom. The van der Waals surface area contributed by atoms with Crippen LogP contribution in [0.5, 0.6) is 5.75 Å². The van der Waals surface area contributed by atoms with Crippen molar-refractivity contribution in [3.05, 3.63) is 40.2 Å². The van der Waals surface area contributed by atoms with E-state index in [0.717, 1.165) is 18.2 Å². The number of carbonyl (C=O) groups is 1. The highest BCUT2D eigenvalue weighted by Crippen LogP contribution is 2.25. The highest BCUT2D eigenvalue weighted by atomic mass is 19.4. The Hall–Kier alpha value is -2.51. The highest BCUT2D eigenvalue weighted by Gasteiger charge is 2.31. The van der Waals surface area contributed by atoms with Crippen LogP contribution in [0.2, 0.25) is 0 Å². The van der Waals surface area contributed by atoms with Gasteiger partial charge in [0.15, 0.2) is 5.43 Å². The molecular formula is C12H8F3NO4. The van der Waals surface area contributed by atoms with E-state index < -0.39 is 23.5 Å². The maximum atomic E-state index is 12.1. The third-order valence-electron chi connectivity index (χ3n) is 2.68. The Bertz CT molecular complexity index is 749. The number of fused-ring (bicyclic) bond motifs is 1. The molecule has 0 unspecified atom stereocenters. The van der Waals surface area contributed by atoms with Crippen LogP contribution in [0.1, 0.15) is 10.5 Å². The Morgan fingerprint density at radius 3 is 2.50 bits per heavy atom. The minimum Gasteiger partial charge on any atom is -0.477 e. The van der Waals surface area contributed by atoms with Gasteiger partial charge in [-0.05, 0) is 18.2 Å². The second-order valence-corrected chi connectivity index (χ2v) is 3.98. The van der Waals surface area contributed by atoms with E-state index in [4.69, 9.17) is 5.11 Å². The molecule has 0 bridgehead atoms. The zero-order valence-corrected chi connectivity index (χ0v) is 10.1. The van der Waals surface area contributed by atoms with Crippen LogP contribution in [0.3, 0.4) is 0 Å².